The van der Waals surface area contributed by atoms with Gasteiger partial charge in [0.25, 0.3) is 11.8 Å². The van der Waals surface area contributed by atoms with Gasteiger partial charge in [-0.2, -0.15) is 0 Å². The van der Waals surface area contributed by atoms with Gasteiger partial charge in [-0.1, -0.05) is 11.6 Å². The van der Waals surface area contributed by atoms with Gasteiger partial charge in [-0.15, -0.1) is 0 Å². The smallest absolute Gasteiger partial charge is 0.291 e. The number of nitrogens with zero attached hydrogens (tertiary/aromatic N) is 2. The average molecular weight is 564 g/mol. The molecule has 40 heavy (non-hydrogen) atoms. The van der Waals surface area contributed by atoms with E-state index in [-0.39, 0.29) is 16.7 Å². The van der Waals surface area contributed by atoms with Crippen LogP contribution in [0.4, 0.5) is 15.8 Å². The van der Waals surface area contributed by atoms with Crippen molar-refractivity contribution < 1.29 is 27.9 Å². The molecule has 0 atom stereocenters. The van der Waals surface area contributed by atoms with Gasteiger partial charge < -0.3 is 29.0 Å². The number of methoxy groups -OCH3 is 2. The molecule has 1 fully saturated rings. The first-order valence-corrected chi connectivity index (χ1v) is 13.0. The van der Waals surface area contributed by atoms with E-state index in [2.05, 4.69) is 10.2 Å². The zero-order chi connectivity index (χ0) is 28.2. The minimum absolute atomic E-state index is 0.0227. The highest BCUT2D eigenvalue weighted by Crippen LogP contribution is 2.28. The van der Waals surface area contributed by atoms with Crippen LogP contribution in [-0.2, 0) is 0 Å². The van der Waals surface area contributed by atoms with Crippen LogP contribution in [0.5, 0.6) is 11.5 Å². The number of carbonyl (C=O) groups is 2. The monoisotopic (exact) mass is 563 g/mol. The van der Waals surface area contributed by atoms with Crippen molar-refractivity contribution in [1.82, 2.24) is 4.90 Å². The number of hydrogen-bond donors (Lipinski definition) is 1. The summed E-state index contributed by atoms with van der Waals surface area (Å²) in [5.41, 5.74) is 2.69. The number of nitrogens with one attached hydrogen (secondary N) is 1. The van der Waals surface area contributed by atoms with E-state index in [1.54, 1.807) is 44.6 Å². The lowest BCUT2D eigenvalue weighted by Crippen LogP contribution is -2.48. The number of amides is 2. The number of halogens is 2. The van der Waals surface area contributed by atoms with Crippen molar-refractivity contribution in [1.29, 1.82) is 0 Å². The largest absolute Gasteiger partial charge is 0.497 e. The van der Waals surface area contributed by atoms with E-state index < -0.39 is 11.7 Å². The Labute approximate surface area is 235 Å². The van der Waals surface area contributed by atoms with E-state index in [9.17, 15) is 14.0 Å². The fourth-order valence-corrected chi connectivity index (χ4v) is 4.67. The van der Waals surface area contributed by atoms with Crippen molar-refractivity contribution >= 4 is 34.8 Å². The zero-order valence-corrected chi connectivity index (χ0v) is 22.7. The van der Waals surface area contributed by atoms with E-state index in [1.165, 1.54) is 18.2 Å². The lowest BCUT2D eigenvalue weighted by Gasteiger charge is -2.36. The molecule has 0 spiro atoms. The summed E-state index contributed by atoms with van der Waals surface area (Å²) in [6, 6.07) is 20.1. The lowest BCUT2D eigenvalue weighted by molar-refractivity contribution is 0.0746. The molecule has 8 nitrogen and oxygen atoms in total. The Morgan fingerprint density at radius 2 is 1.55 bits per heavy atom. The van der Waals surface area contributed by atoms with Gasteiger partial charge in [0.15, 0.2) is 5.76 Å². The Kier molecular flexibility index (Phi) is 7.93. The Morgan fingerprint density at radius 1 is 0.875 bits per heavy atom. The van der Waals surface area contributed by atoms with E-state index >= 15 is 0 Å². The summed E-state index contributed by atoms with van der Waals surface area (Å²) in [6.45, 7) is 2.47. The molecule has 0 aliphatic carbocycles. The summed E-state index contributed by atoms with van der Waals surface area (Å²) in [4.78, 5) is 29.8. The lowest BCUT2D eigenvalue weighted by atomic mass is 10.1. The molecule has 1 saturated heterocycles. The fraction of sp³-hybridized carbons (Fsp3) is 0.200. The predicted molar refractivity (Wildman–Crippen MR) is 151 cm³/mol. The standard InChI is InChI=1S/C30H27ClFN3O5/c1-38-23-15-20(16-24(18-23)39-2)30(37)35-13-11-34(12-14-35)22-6-4-21(5-7-22)33-29(36)28-10-9-27(40-28)19-3-8-26(32)25(31)17-19/h3-10,15-18H,11-14H2,1-2H3,(H,33,36). The fourth-order valence-electron chi connectivity index (χ4n) is 4.49. The quantitative estimate of drug-likeness (QED) is 0.298. The highest BCUT2D eigenvalue weighted by atomic mass is 35.5. The molecular formula is C30H27ClFN3O5. The number of ether oxygens (including phenoxy) is 2. The zero-order valence-electron chi connectivity index (χ0n) is 21.9. The molecule has 1 aromatic heterocycles. The van der Waals surface area contributed by atoms with Crippen molar-refractivity contribution in [2.75, 3.05) is 50.6 Å². The van der Waals surface area contributed by atoms with Gasteiger partial charge in [0.05, 0.1) is 19.2 Å². The first-order valence-electron chi connectivity index (χ1n) is 12.6. The predicted octanol–water partition coefficient (Wildman–Crippen LogP) is 5.97. The van der Waals surface area contributed by atoms with Crippen molar-refractivity contribution in [2.24, 2.45) is 0 Å². The molecule has 1 aliphatic heterocycles. The molecule has 4 aromatic rings. The van der Waals surface area contributed by atoms with Gasteiger partial charge >= 0.3 is 0 Å². The summed E-state index contributed by atoms with van der Waals surface area (Å²) >= 11 is 5.85. The van der Waals surface area contributed by atoms with E-state index in [1.807, 2.05) is 29.2 Å². The second-order valence-electron chi connectivity index (χ2n) is 9.17. The molecule has 0 unspecified atom stereocenters. The molecule has 0 saturated carbocycles. The van der Waals surface area contributed by atoms with Crippen LogP contribution in [0.25, 0.3) is 11.3 Å². The van der Waals surface area contributed by atoms with E-state index in [0.717, 1.165) is 5.69 Å². The van der Waals surface area contributed by atoms with Crippen molar-refractivity contribution in [3.8, 4) is 22.8 Å². The molecule has 206 valence electrons. The second kappa shape index (κ2) is 11.7. The van der Waals surface area contributed by atoms with Crippen molar-refractivity contribution in [2.45, 2.75) is 0 Å². The molecule has 10 heteroatoms. The van der Waals surface area contributed by atoms with Crippen molar-refractivity contribution in [3.63, 3.8) is 0 Å². The van der Waals surface area contributed by atoms with Crippen LogP contribution in [-0.4, -0.2) is 57.1 Å². The molecule has 0 radical (unpaired) electrons. The normalized spacial score (nSPS) is 13.2. The van der Waals surface area contributed by atoms with Gasteiger partial charge in [-0.25, -0.2) is 4.39 Å². The Morgan fingerprint density at radius 3 is 2.17 bits per heavy atom. The second-order valence-corrected chi connectivity index (χ2v) is 9.58. The third kappa shape index (κ3) is 5.89. The summed E-state index contributed by atoms with van der Waals surface area (Å²) in [6.07, 6.45) is 0. The number of benzene rings is 3. The van der Waals surface area contributed by atoms with Crippen LogP contribution in [0.15, 0.2) is 77.2 Å². The number of carbonyl (C=O) groups excluding carboxylic acids is 2. The molecule has 5 rings (SSSR count). The van der Waals surface area contributed by atoms with Crippen LogP contribution in [0.1, 0.15) is 20.9 Å². The minimum atomic E-state index is -0.525. The number of piperazine rings is 1. The van der Waals surface area contributed by atoms with Crippen LogP contribution >= 0.6 is 11.6 Å². The Hall–Kier alpha value is -4.50. The maximum atomic E-state index is 13.4. The van der Waals surface area contributed by atoms with Crippen LogP contribution in [0.2, 0.25) is 5.02 Å². The molecule has 2 heterocycles. The van der Waals surface area contributed by atoms with E-state index in [0.29, 0.717) is 60.3 Å². The first kappa shape index (κ1) is 27.1. The van der Waals surface area contributed by atoms with Gasteiger partial charge in [-0.3, -0.25) is 9.59 Å². The van der Waals surface area contributed by atoms with Crippen LogP contribution in [0, 0.1) is 5.82 Å². The highest BCUT2D eigenvalue weighted by molar-refractivity contribution is 6.31. The first-order chi connectivity index (χ1) is 19.3. The third-order valence-electron chi connectivity index (χ3n) is 6.69. The minimum Gasteiger partial charge on any atom is -0.497 e. The SMILES string of the molecule is COc1cc(OC)cc(C(=O)N2CCN(c3ccc(NC(=O)c4ccc(-c5ccc(F)c(Cl)c5)o4)cc3)CC2)c1. The summed E-state index contributed by atoms with van der Waals surface area (Å²) in [5, 5.41) is 2.80. The maximum Gasteiger partial charge on any atom is 0.291 e. The molecule has 3 aromatic carbocycles. The molecule has 1 aliphatic rings. The van der Waals surface area contributed by atoms with E-state index in [4.69, 9.17) is 25.5 Å². The number of hydrogen-bond acceptors (Lipinski definition) is 6. The van der Waals surface area contributed by atoms with Crippen LogP contribution < -0.4 is 19.7 Å². The van der Waals surface area contributed by atoms with Crippen LogP contribution in [0.3, 0.4) is 0 Å². The van der Waals surface area contributed by atoms with Crippen molar-refractivity contribution in [3.05, 3.63) is 95.0 Å². The van der Waals surface area contributed by atoms with Gasteiger partial charge in [0.1, 0.15) is 23.1 Å². The molecular weight excluding hydrogens is 537 g/mol. The maximum absolute atomic E-state index is 13.4. The number of anilines is 2. The molecule has 0 bridgehead atoms. The van der Waals surface area contributed by atoms with Gasteiger partial charge in [0.2, 0.25) is 0 Å². The van der Waals surface area contributed by atoms with Gasteiger partial charge in [-0.05, 0) is 66.7 Å². The average Bonchev–Trinajstić information content (AvgIpc) is 3.49. The Bertz CT molecular complexity index is 1510. The van der Waals surface area contributed by atoms with Gasteiger partial charge in [0, 0.05) is 54.7 Å². The summed E-state index contributed by atoms with van der Waals surface area (Å²) < 4.78 is 29.7. The molecule has 2 amide bonds. The highest BCUT2D eigenvalue weighted by Gasteiger charge is 2.23. The molecule has 1 N–H and O–H groups in total. The Balaban J connectivity index is 1.17. The third-order valence-corrected chi connectivity index (χ3v) is 6.98. The number of furan rings is 1. The summed E-state index contributed by atoms with van der Waals surface area (Å²) in [7, 11) is 3.11. The summed E-state index contributed by atoms with van der Waals surface area (Å²) in [5.74, 6) is 0.659. The number of rotatable bonds is 7. The topological polar surface area (TPSA) is 84.3 Å².